The molecule has 2 aliphatic rings. The summed E-state index contributed by atoms with van der Waals surface area (Å²) in [4.78, 5) is 2.54. The highest BCUT2D eigenvalue weighted by Gasteiger charge is 2.52. The highest BCUT2D eigenvalue weighted by Crippen LogP contribution is 2.58. The first-order chi connectivity index (χ1) is 6.44. The summed E-state index contributed by atoms with van der Waals surface area (Å²) < 4.78 is 0. The Morgan fingerprint density at radius 3 is 2.36 bits per heavy atom. The van der Waals surface area contributed by atoms with Crippen LogP contribution in [0.3, 0.4) is 0 Å². The van der Waals surface area contributed by atoms with Gasteiger partial charge in [-0.05, 0) is 56.0 Å². The predicted molar refractivity (Wildman–Crippen MR) is 61.3 cm³/mol. The van der Waals surface area contributed by atoms with E-state index in [2.05, 4.69) is 32.7 Å². The summed E-state index contributed by atoms with van der Waals surface area (Å²) in [5.41, 5.74) is 1.22. The minimum Gasteiger partial charge on any atom is -0.306 e. The summed E-state index contributed by atoms with van der Waals surface area (Å²) in [5.74, 6) is 0.970. The zero-order valence-corrected chi connectivity index (χ0v) is 10.3. The molecule has 1 aliphatic heterocycles. The van der Waals surface area contributed by atoms with Crippen molar-refractivity contribution in [3.05, 3.63) is 0 Å². The van der Waals surface area contributed by atoms with Gasteiger partial charge in [0.05, 0.1) is 0 Å². The molecule has 1 unspecified atom stereocenters. The minimum absolute atomic E-state index is 0.524. The first kappa shape index (κ1) is 10.5. The average Bonchev–Trinajstić information content (AvgIpc) is 1.99. The number of nitrogens with zero attached hydrogens (tertiary/aromatic N) is 1. The third-order valence-corrected chi connectivity index (χ3v) is 4.51. The van der Waals surface area contributed by atoms with Crippen LogP contribution in [0.4, 0.5) is 0 Å². The van der Waals surface area contributed by atoms with Crippen molar-refractivity contribution in [2.45, 2.75) is 46.5 Å². The Labute approximate surface area is 88.9 Å². The highest BCUT2D eigenvalue weighted by atomic mass is 15.1. The lowest BCUT2D eigenvalue weighted by atomic mass is 9.49. The predicted octanol–water partition coefficient (Wildman–Crippen LogP) is 3.15. The topological polar surface area (TPSA) is 3.24 Å². The second-order valence-corrected chi connectivity index (χ2v) is 6.66. The van der Waals surface area contributed by atoms with Gasteiger partial charge in [-0.2, -0.15) is 0 Å². The second kappa shape index (κ2) is 3.23. The van der Waals surface area contributed by atoms with Crippen molar-refractivity contribution < 1.29 is 0 Å². The van der Waals surface area contributed by atoms with E-state index in [9.17, 15) is 0 Å². The molecule has 1 saturated heterocycles. The van der Waals surface area contributed by atoms with E-state index in [4.69, 9.17) is 0 Å². The van der Waals surface area contributed by atoms with Gasteiger partial charge < -0.3 is 4.90 Å². The molecule has 1 spiro atoms. The molecule has 14 heavy (non-hydrogen) atoms. The standard InChI is InChI=1S/C13H25N/c1-12(2,3)11-6-8-13(11)7-5-9-14(4)10-13/h11H,5-10H2,1-4H3/t11?,13-/m0/s1. The Morgan fingerprint density at radius 2 is 1.93 bits per heavy atom. The summed E-state index contributed by atoms with van der Waals surface area (Å²) >= 11 is 0. The van der Waals surface area contributed by atoms with E-state index in [0.717, 1.165) is 5.92 Å². The fraction of sp³-hybridized carbons (Fsp3) is 1.00. The van der Waals surface area contributed by atoms with Crippen molar-refractivity contribution in [2.24, 2.45) is 16.7 Å². The maximum absolute atomic E-state index is 2.54. The summed E-state index contributed by atoms with van der Waals surface area (Å²) in [6.07, 6.45) is 5.86. The Morgan fingerprint density at radius 1 is 1.21 bits per heavy atom. The lowest BCUT2D eigenvalue weighted by Crippen LogP contribution is -2.55. The van der Waals surface area contributed by atoms with Crippen LogP contribution in [0, 0.1) is 16.7 Å². The first-order valence-electron chi connectivity index (χ1n) is 6.13. The fourth-order valence-electron chi connectivity index (χ4n) is 3.93. The molecule has 1 saturated carbocycles. The molecule has 1 heteroatoms. The summed E-state index contributed by atoms with van der Waals surface area (Å²) in [6, 6.07) is 0. The van der Waals surface area contributed by atoms with Gasteiger partial charge in [0.1, 0.15) is 0 Å². The van der Waals surface area contributed by atoms with E-state index in [1.807, 2.05) is 0 Å². The van der Waals surface area contributed by atoms with Crippen molar-refractivity contribution in [1.29, 1.82) is 0 Å². The van der Waals surface area contributed by atoms with Gasteiger partial charge in [0, 0.05) is 6.54 Å². The number of piperidine rings is 1. The summed E-state index contributed by atoms with van der Waals surface area (Å²) in [7, 11) is 2.29. The summed E-state index contributed by atoms with van der Waals surface area (Å²) in [5, 5.41) is 0. The maximum atomic E-state index is 2.54. The molecule has 2 rings (SSSR count). The highest BCUT2D eigenvalue weighted by molar-refractivity contribution is 5.03. The fourth-order valence-corrected chi connectivity index (χ4v) is 3.93. The van der Waals surface area contributed by atoms with Crippen molar-refractivity contribution in [3.8, 4) is 0 Å². The van der Waals surface area contributed by atoms with E-state index in [1.165, 1.54) is 38.8 Å². The molecule has 1 nitrogen and oxygen atoms in total. The first-order valence-corrected chi connectivity index (χ1v) is 6.13. The van der Waals surface area contributed by atoms with E-state index < -0.39 is 0 Å². The number of hydrogen-bond donors (Lipinski definition) is 0. The van der Waals surface area contributed by atoms with Crippen molar-refractivity contribution in [2.75, 3.05) is 20.1 Å². The Kier molecular flexibility index (Phi) is 2.42. The molecule has 2 fully saturated rings. The zero-order chi connectivity index (χ0) is 10.4. The SMILES string of the molecule is CN1CCC[C@]2(CCC2C(C)(C)C)C1. The van der Waals surface area contributed by atoms with Crippen LogP contribution in [0.2, 0.25) is 0 Å². The monoisotopic (exact) mass is 195 g/mol. The molecule has 0 radical (unpaired) electrons. The van der Waals surface area contributed by atoms with Crippen LogP contribution in [0.15, 0.2) is 0 Å². The molecule has 1 aliphatic carbocycles. The molecule has 2 atom stereocenters. The van der Waals surface area contributed by atoms with Gasteiger partial charge in [-0.25, -0.2) is 0 Å². The van der Waals surface area contributed by atoms with Gasteiger partial charge in [-0.3, -0.25) is 0 Å². The molecular formula is C13H25N. The molecule has 0 amide bonds. The third-order valence-electron chi connectivity index (χ3n) is 4.51. The average molecular weight is 195 g/mol. The second-order valence-electron chi connectivity index (χ2n) is 6.66. The van der Waals surface area contributed by atoms with Crippen LogP contribution in [0.25, 0.3) is 0 Å². The molecule has 82 valence electrons. The van der Waals surface area contributed by atoms with Crippen molar-refractivity contribution >= 4 is 0 Å². The quantitative estimate of drug-likeness (QED) is 0.574. The van der Waals surface area contributed by atoms with E-state index >= 15 is 0 Å². The normalized spacial score (nSPS) is 39.9. The molecule has 1 heterocycles. The van der Waals surface area contributed by atoms with Crippen molar-refractivity contribution in [1.82, 2.24) is 4.90 Å². The number of likely N-dealkylation sites (tertiary alicyclic amines) is 1. The van der Waals surface area contributed by atoms with Gasteiger partial charge in [0.25, 0.3) is 0 Å². The Bertz CT molecular complexity index is 216. The smallest absolute Gasteiger partial charge is 0.00378 e. The molecule has 0 bridgehead atoms. The van der Waals surface area contributed by atoms with E-state index in [1.54, 1.807) is 0 Å². The van der Waals surface area contributed by atoms with Crippen LogP contribution >= 0.6 is 0 Å². The van der Waals surface area contributed by atoms with Crippen LogP contribution < -0.4 is 0 Å². The molecule has 0 aromatic carbocycles. The molecule has 0 N–H and O–H groups in total. The number of rotatable bonds is 0. The van der Waals surface area contributed by atoms with Crippen LogP contribution in [-0.4, -0.2) is 25.0 Å². The van der Waals surface area contributed by atoms with Crippen molar-refractivity contribution in [3.63, 3.8) is 0 Å². The van der Waals surface area contributed by atoms with Gasteiger partial charge in [0.15, 0.2) is 0 Å². The van der Waals surface area contributed by atoms with E-state index in [0.29, 0.717) is 10.8 Å². The largest absolute Gasteiger partial charge is 0.306 e. The third kappa shape index (κ3) is 1.60. The molecule has 0 aromatic rings. The zero-order valence-electron chi connectivity index (χ0n) is 10.3. The van der Waals surface area contributed by atoms with Gasteiger partial charge in [0.2, 0.25) is 0 Å². The summed E-state index contributed by atoms with van der Waals surface area (Å²) in [6.45, 7) is 9.95. The van der Waals surface area contributed by atoms with Gasteiger partial charge in [-0.1, -0.05) is 20.8 Å². The van der Waals surface area contributed by atoms with Crippen LogP contribution in [0.5, 0.6) is 0 Å². The Hall–Kier alpha value is -0.0400. The van der Waals surface area contributed by atoms with E-state index in [-0.39, 0.29) is 0 Å². The lowest BCUT2D eigenvalue weighted by Gasteiger charge is -2.59. The van der Waals surface area contributed by atoms with Crippen LogP contribution in [0.1, 0.15) is 46.5 Å². The Balaban J connectivity index is 2.09. The maximum Gasteiger partial charge on any atom is 0.00378 e. The minimum atomic E-state index is 0.524. The lowest BCUT2D eigenvalue weighted by molar-refractivity contribution is -0.0890. The van der Waals surface area contributed by atoms with Gasteiger partial charge >= 0.3 is 0 Å². The van der Waals surface area contributed by atoms with Crippen LogP contribution in [-0.2, 0) is 0 Å². The molecule has 0 aromatic heterocycles. The molecular weight excluding hydrogens is 170 g/mol. The number of hydrogen-bond acceptors (Lipinski definition) is 1. The van der Waals surface area contributed by atoms with Gasteiger partial charge in [-0.15, -0.1) is 0 Å².